The molecule has 6 aromatic rings. The minimum absolute atomic E-state index is 0.0286. The lowest BCUT2D eigenvalue weighted by atomic mass is 9.84. The number of benzene rings is 4. The summed E-state index contributed by atoms with van der Waals surface area (Å²) < 4.78 is 38.1. The van der Waals surface area contributed by atoms with Gasteiger partial charge in [-0.25, -0.2) is 28.3 Å². The first-order chi connectivity index (χ1) is 39.6. The van der Waals surface area contributed by atoms with Crippen molar-refractivity contribution in [3.8, 4) is 22.3 Å². The van der Waals surface area contributed by atoms with Gasteiger partial charge in [0.15, 0.2) is 0 Å². The van der Waals surface area contributed by atoms with E-state index in [0.717, 1.165) is 139 Å². The third-order valence-corrected chi connectivity index (χ3v) is 18.2. The highest BCUT2D eigenvalue weighted by atomic mass is 19.1. The topological polar surface area (TPSA) is 175 Å². The molecule has 83 heavy (non-hydrogen) atoms. The van der Waals surface area contributed by atoms with Crippen molar-refractivity contribution in [1.29, 1.82) is 0 Å². The number of nitrogens with one attached hydrogen (secondary N) is 4. The Morgan fingerprint density at radius 3 is 1.53 bits per heavy atom. The molecule has 0 radical (unpaired) electrons. The van der Waals surface area contributed by atoms with Crippen LogP contribution in [0, 0.1) is 30.6 Å². The molecule has 4 fully saturated rings. The molecule has 444 valence electrons. The predicted octanol–water partition coefficient (Wildman–Crippen LogP) is 14.1. The number of alkyl halides is 2. The number of aromatic amines is 2. The second kappa shape index (κ2) is 24.4. The quantitative estimate of drug-likeness (QED) is 0.0658. The number of ether oxygens (including phenoxy) is 2. The van der Waals surface area contributed by atoms with E-state index in [2.05, 4.69) is 107 Å². The first-order valence-electron chi connectivity index (χ1n) is 30.6. The van der Waals surface area contributed by atoms with Crippen LogP contribution in [0.15, 0.2) is 72.8 Å². The van der Waals surface area contributed by atoms with Gasteiger partial charge in [0, 0.05) is 12.1 Å². The largest absolute Gasteiger partial charge is 0.441 e. The molecular formula is C67H86F2N8O6. The molecule has 0 unspecified atom stereocenters. The number of nitrogens with zero attached hydrogens (tertiary/aromatic N) is 4. The number of H-pyrrole nitrogens is 2. The van der Waals surface area contributed by atoms with E-state index in [-0.39, 0.29) is 47.8 Å². The number of fused-ring (bicyclic) bond motifs is 4. The maximum absolute atomic E-state index is 14.7. The van der Waals surface area contributed by atoms with Crippen molar-refractivity contribution in [2.24, 2.45) is 23.7 Å². The molecule has 8 atom stereocenters. The van der Waals surface area contributed by atoms with Gasteiger partial charge in [-0.3, -0.25) is 9.59 Å². The van der Waals surface area contributed by atoms with E-state index in [0.29, 0.717) is 11.8 Å². The molecule has 4 heterocycles. The highest BCUT2D eigenvalue weighted by molar-refractivity contribution is 5.89. The van der Waals surface area contributed by atoms with Crippen LogP contribution in [-0.2, 0) is 38.3 Å². The van der Waals surface area contributed by atoms with Gasteiger partial charge in [-0.2, -0.15) is 0 Å². The normalized spacial score (nSPS) is 21.8. The van der Waals surface area contributed by atoms with E-state index in [1.807, 2.05) is 37.5 Å². The van der Waals surface area contributed by atoms with Crippen LogP contribution in [-0.4, -0.2) is 102 Å². The number of aryl methyl sites for hydroxylation is 4. The summed E-state index contributed by atoms with van der Waals surface area (Å²) in [6.45, 7) is 16.3. The van der Waals surface area contributed by atoms with Crippen LogP contribution in [0.5, 0.6) is 0 Å². The molecule has 16 heteroatoms. The van der Waals surface area contributed by atoms with Gasteiger partial charge in [0.1, 0.15) is 48.3 Å². The van der Waals surface area contributed by atoms with E-state index < -0.39 is 48.8 Å². The number of aromatic nitrogens is 4. The molecule has 14 nitrogen and oxygen atoms in total. The van der Waals surface area contributed by atoms with Crippen molar-refractivity contribution in [1.82, 2.24) is 40.4 Å². The SMILES string of the molecule is CCc1ccc(CCc2ccc(C)cc2-c2ccc3nc([C@@H]4C[C@@H]5CCCC[C@@H]5N4C(=O)[C@@H](NC(=O)OC(C)(C)CF)C(C)C)[nH]c3c2)cc1-c1ccc2nc([C@@H]3C[C@@H]4CCCC[C@@H]4N3C(=O)[C@@H](NC(=O)OC(C)(C)CF)C(C)C)[nH]c2c1. The highest BCUT2D eigenvalue weighted by Gasteiger charge is 2.50. The molecule has 2 aliphatic carbocycles. The Bertz CT molecular complexity index is 3350. The Balaban J connectivity index is 0.879. The molecule has 4 aromatic carbocycles. The fourth-order valence-corrected chi connectivity index (χ4v) is 13.8. The Morgan fingerprint density at radius 1 is 0.614 bits per heavy atom. The maximum Gasteiger partial charge on any atom is 0.408 e. The molecule has 4 amide bonds. The van der Waals surface area contributed by atoms with Gasteiger partial charge in [-0.05, 0) is 179 Å². The summed E-state index contributed by atoms with van der Waals surface area (Å²) in [4.78, 5) is 77.3. The van der Waals surface area contributed by atoms with E-state index in [1.54, 1.807) is 0 Å². The molecule has 0 spiro atoms. The van der Waals surface area contributed by atoms with Gasteiger partial charge in [0.2, 0.25) is 11.8 Å². The molecular weight excluding hydrogens is 1050 g/mol. The van der Waals surface area contributed by atoms with Crippen LogP contribution in [0.3, 0.4) is 0 Å². The summed E-state index contributed by atoms with van der Waals surface area (Å²) in [5, 5.41) is 5.62. The fourth-order valence-electron chi connectivity index (χ4n) is 13.8. The maximum atomic E-state index is 14.7. The predicted molar refractivity (Wildman–Crippen MR) is 321 cm³/mol. The van der Waals surface area contributed by atoms with Crippen LogP contribution in [0.4, 0.5) is 18.4 Å². The number of amides is 4. The Labute approximate surface area is 488 Å². The average molecular weight is 1140 g/mol. The van der Waals surface area contributed by atoms with Crippen LogP contribution in [0.2, 0.25) is 0 Å². The van der Waals surface area contributed by atoms with Crippen LogP contribution in [0.25, 0.3) is 44.3 Å². The van der Waals surface area contributed by atoms with Gasteiger partial charge in [0.25, 0.3) is 0 Å². The van der Waals surface area contributed by atoms with Crippen LogP contribution < -0.4 is 10.6 Å². The van der Waals surface area contributed by atoms with Gasteiger partial charge in [0.05, 0.1) is 34.2 Å². The van der Waals surface area contributed by atoms with Crippen molar-refractivity contribution < 1.29 is 37.4 Å². The van der Waals surface area contributed by atoms with Gasteiger partial charge in [-0.15, -0.1) is 0 Å². The second-order valence-electron chi connectivity index (χ2n) is 26.2. The Morgan fingerprint density at radius 2 is 1.07 bits per heavy atom. The third-order valence-electron chi connectivity index (χ3n) is 18.2. The zero-order chi connectivity index (χ0) is 59.1. The third kappa shape index (κ3) is 12.7. The minimum Gasteiger partial charge on any atom is -0.441 e. The van der Waals surface area contributed by atoms with Gasteiger partial charge in [-0.1, -0.05) is 114 Å². The Hall–Kier alpha value is -6.84. The molecule has 10 rings (SSSR count). The number of rotatable bonds is 18. The van der Waals surface area contributed by atoms with E-state index >= 15 is 0 Å². The lowest BCUT2D eigenvalue weighted by molar-refractivity contribution is -0.139. The molecule has 4 N–H and O–H groups in total. The minimum atomic E-state index is -1.31. The average Bonchev–Trinajstić information content (AvgIpc) is 2.91. The van der Waals surface area contributed by atoms with Crippen molar-refractivity contribution >= 4 is 46.1 Å². The fraction of sp³-hybridized carbons (Fsp3) is 0.552. The zero-order valence-electron chi connectivity index (χ0n) is 50.3. The van der Waals surface area contributed by atoms with E-state index in [1.165, 1.54) is 49.9 Å². The number of halogens is 2. The Kier molecular flexibility index (Phi) is 17.4. The van der Waals surface area contributed by atoms with Gasteiger partial charge >= 0.3 is 12.2 Å². The lowest BCUT2D eigenvalue weighted by Crippen LogP contribution is -2.54. The standard InChI is InChI=1S/C67H86F2N8O6/c1-11-42-24-21-41(31-49(42)45-27-29-51-53(33-45)73-61(71-51)57-35-47-17-13-15-19-55(47)77(57)63(79)59(39(4)5)75-65(81)83-67(9,10)37-69)22-25-43-23-20-40(6)30-48(43)44-26-28-50-52(32-44)72-60(70-50)56-34-46-16-12-14-18-54(46)76(56)62(78)58(38(2)3)74-64(80)82-66(7,8)36-68/h20-21,23-24,26-33,38-39,46-47,54-59H,11-19,22,25,34-37H2,1-10H3,(H,70,72)(H,71,73)(H,74,80)(H,75,81)/t46-,47-,54-,55-,56-,57-,58-,59-/m0/s1. The summed E-state index contributed by atoms with van der Waals surface area (Å²) in [6, 6.07) is 24.0. The number of alkyl carbamates (subject to hydrolysis) is 2. The summed E-state index contributed by atoms with van der Waals surface area (Å²) >= 11 is 0. The molecule has 4 aliphatic rings. The number of imidazole rings is 2. The monoisotopic (exact) mass is 1140 g/mol. The van der Waals surface area contributed by atoms with Crippen LogP contribution in [0.1, 0.15) is 173 Å². The number of hydrogen-bond donors (Lipinski definition) is 4. The summed E-state index contributed by atoms with van der Waals surface area (Å²) in [5.74, 6) is 1.32. The summed E-state index contributed by atoms with van der Waals surface area (Å²) in [5.41, 5.74) is 10.2. The number of likely N-dealkylation sites (tertiary alicyclic amines) is 2. The molecule has 2 aromatic heterocycles. The molecule has 2 saturated carbocycles. The summed E-state index contributed by atoms with van der Waals surface area (Å²) in [7, 11) is 0. The summed E-state index contributed by atoms with van der Waals surface area (Å²) in [6.07, 6.45) is 10.6. The van der Waals surface area contributed by atoms with Crippen molar-refractivity contribution in [2.45, 2.75) is 200 Å². The molecule has 0 bridgehead atoms. The van der Waals surface area contributed by atoms with E-state index in [4.69, 9.17) is 19.4 Å². The number of carbonyl (C=O) groups excluding carboxylic acids is 4. The number of carbonyl (C=O) groups is 4. The highest BCUT2D eigenvalue weighted by Crippen LogP contribution is 2.48. The van der Waals surface area contributed by atoms with Crippen molar-refractivity contribution in [3.05, 3.63) is 107 Å². The molecule has 2 aliphatic heterocycles. The van der Waals surface area contributed by atoms with E-state index in [9.17, 15) is 28.0 Å². The van der Waals surface area contributed by atoms with Crippen molar-refractivity contribution in [3.63, 3.8) is 0 Å². The number of hydrogen-bond acceptors (Lipinski definition) is 8. The smallest absolute Gasteiger partial charge is 0.408 e. The molecule has 2 saturated heterocycles. The lowest BCUT2D eigenvalue weighted by Gasteiger charge is -2.37. The van der Waals surface area contributed by atoms with Crippen LogP contribution >= 0.6 is 0 Å². The first kappa shape index (κ1) is 59.3. The second-order valence-corrected chi connectivity index (χ2v) is 26.2. The van der Waals surface area contributed by atoms with Crippen molar-refractivity contribution in [2.75, 3.05) is 13.3 Å². The van der Waals surface area contributed by atoms with Gasteiger partial charge < -0.3 is 39.9 Å². The first-order valence-corrected chi connectivity index (χ1v) is 30.6. The zero-order valence-corrected chi connectivity index (χ0v) is 50.3.